The largest absolute Gasteiger partial charge is 0.221 e. The van der Waals surface area contributed by atoms with Crippen molar-refractivity contribution in [3.63, 3.8) is 0 Å². The number of thiophene rings is 1. The van der Waals surface area contributed by atoms with E-state index in [1.807, 2.05) is 23.1 Å². The van der Waals surface area contributed by atoms with Gasteiger partial charge in [-0.3, -0.25) is 0 Å². The number of aryl methyl sites for hydroxylation is 2. The molecule has 0 N–H and O–H groups in total. The minimum Gasteiger partial charge on any atom is -0.221 e. The molecule has 2 heterocycles. The molecule has 2 nitrogen and oxygen atoms in total. The van der Waals surface area contributed by atoms with E-state index in [9.17, 15) is 0 Å². The summed E-state index contributed by atoms with van der Waals surface area (Å²) in [5.74, 6) is 1.68. The third-order valence-electron chi connectivity index (χ3n) is 3.45. The second-order valence-electron chi connectivity index (χ2n) is 6.22. The van der Waals surface area contributed by atoms with E-state index in [0.29, 0.717) is 5.15 Å². The molecule has 5 heteroatoms. The molecule has 0 radical (unpaired) electrons. The number of nitrogens with zero attached hydrogens (tertiary/aromatic N) is 2. The Kier molecular flexibility index (Phi) is 3.99. The van der Waals surface area contributed by atoms with Crippen molar-refractivity contribution in [1.29, 1.82) is 0 Å². The van der Waals surface area contributed by atoms with Crippen LogP contribution in [0.1, 0.15) is 49.9 Å². The number of thioether (sulfide) groups is 1. The van der Waals surface area contributed by atoms with Crippen LogP contribution >= 0.6 is 34.7 Å². The summed E-state index contributed by atoms with van der Waals surface area (Å²) < 4.78 is 0.222. The zero-order chi connectivity index (χ0) is 14.3. The van der Waals surface area contributed by atoms with Crippen LogP contribution < -0.4 is 0 Å². The number of rotatable bonds is 2. The molecule has 0 saturated carbocycles. The Bertz CT molecular complexity index is 643. The second kappa shape index (κ2) is 5.47. The molecular formula is C15H19ClN2S2. The van der Waals surface area contributed by atoms with E-state index in [0.717, 1.165) is 28.2 Å². The summed E-state index contributed by atoms with van der Waals surface area (Å²) in [4.78, 5) is 11.8. The van der Waals surface area contributed by atoms with Crippen molar-refractivity contribution in [2.24, 2.45) is 0 Å². The first-order chi connectivity index (χ1) is 9.44. The van der Waals surface area contributed by atoms with E-state index in [2.05, 4.69) is 25.8 Å². The number of hydrogen-bond donors (Lipinski definition) is 0. The second-order valence-corrected chi connectivity index (χ2v) is 9.47. The van der Waals surface area contributed by atoms with Gasteiger partial charge in [0.1, 0.15) is 15.8 Å². The van der Waals surface area contributed by atoms with Crippen LogP contribution in [0.3, 0.4) is 0 Å². The molecule has 108 valence electrons. The van der Waals surface area contributed by atoms with Crippen molar-refractivity contribution >= 4 is 44.9 Å². The van der Waals surface area contributed by atoms with Gasteiger partial charge in [-0.15, -0.1) is 23.1 Å². The van der Waals surface area contributed by atoms with Crippen LogP contribution in [0, 0.1) is 0 Å². The van der Waals surface area contributed by atoms with Crippen LogP contribution in [0.25, 0.3) is 10.2 Å². The summed E-state index contributed by atoms with van der Waals surface area (Å²) in [6.07, 6.45) is 4.86. The Morgan fingerprint density at radius 3 is 2.70 bits per heavy atom. The summed E-state index contributed by atoms with van der Waals surface area (Å²) in [6, 6.07) is 0. The van der Waals surface area contributed by atoms with Gasteiger partial charge < -0.3 is 0 Å². The van der Waals surface area contributed by atoms with Gasteiger partial charge in [0.2, 0.25) is 0 Å². The average molecular weight is 327 g/mol. The lowest BCUT2D eigenvalue weighted by Gasteiger charge is -2.16. The lowest BCUT2D eigenvalue weighted by atomic mass is 9.97. The monoisotopic (exact) mass is 326 g/mol. The lowest BCUT2D eigenvalue weighted by Crippen LogP contribution is -2.08. The van der Waals surface area contributed by atoms with Crippen molar-refractivity contribution < 1.29 is 0 Å². The van der Waals surface area contributed by atoms with Crippen molar-refractivity contribution in [1.82, 2.24) is 9.97 Å². The Hall–Kier alpha value is -0.320. The van der Waals surface area contributed by atoms with Gasteiger partial charge in [-0.05, 0) is 31.2 Å². The summed E-state index contributed by atoms with van der Waals surface area (Å²) in [5, 5.41) is 1.77. The van der Waals surface area contributed by atoms with Gasteiger partial charge in [0.05, 0.1) is 11.1 Å². The fourth-order valence-corrected chi connectivity index (χ4v) is 4.83. The highest BCUT2D eigenvalue weighted by molar-refractivity contribution is 7.99. The maximum Gasteiger partial charge on any atom is 0.141 e. The summed E-state index contributed by atoms with van der Waals surface area (Å²) in [5.41, 5.74) is 1.41. The maximum absolute atomic E-state index is 6.44. The predicted molar refractivity (Wildman–Crippen MR) is 90.1 cm³/mol. The quantitative estimate of drug-likeness (QED) is 0.704. The summed E-state index contributed by atoms with van der Waals surface area (Å²) in [6.45, 7) is 6.63. The van der Waals surface area contributed by atoms with E-state index < -0.39 is 0 Å². The first-order valence-electron chi connectivity index (χ1n) is 7.05. The fraction of sp³-hybridized carbons (Fsp3) is 0.600. The van der Waals surface area contributed by atoms with E-state index in [4.69, 9.17) is 16.6 Å². The van der Waals surface area contributed by atoms with Gasteiger partial charge in [-0.25, -0.2) is 9.97 Å². The average Bonchev–Trinajstić information content (AvgIpc) is 2.74. The molecule has 1 aliphatic rings. The highest BCUT2D eigenvalue weighted by atomic mass is 35.5. The zero-order valence-corrected chi connectivity index (χ0v) is 14.5. The van der Waals surface area contributed by atoms with Gasteiger partial charge >= 0.3 is 0 Å². The smallest absolute Gasteiger partial charge is 0.141 e. The van der Waals surface area contributed by atoms with E-state index in [-0.39, 0.29) is 4.75 Å². The van der Waals surface area contributed by atoms with Crippen LogP contribution in [0.2, 0.25) is 5.15 Å². The van der Waals surface area contributed by atoms with Crippen LogP contribution in [0.15, 0.2) is 0 Å². The lowest BCUT2D eigenvalue weighted by molar-refractivity contribution is 0.700. The number of fused-ring (bicyclic) bond motifs is 3. The van der Waals surface area contributed by atoms with Gasteiger partial charge in [0, 0.05) is 9.62 Å². The van der Waals surface area contributed by atoms with Crippen molar-refractivity contribution in [2.75, 3.05) is 0 Å². The Morgan fingerprint density at radius 1 is 1.20 bits per heavy atom. The molecule has 2 aromatic heterocycles. The first-order valence-corrected chi connectivity index (χ1v) is 9.23. The van der Waals surface area contributed by atoms with Crippen molar-refractivity contribution in [3.05, 3.63) is 21.4 Å². The molecule has 0 fully saturated rings. The standard InChI is InChI=1S/C15H19ClN2S2/c1-15(2,3)19-8-11-17-13(16)12-9-6-4-5-7-10(9)20-14(12)18-11/h4-8H2,1-3H3. The topological polar surface area (TPSA) is 25.8 Å². The molecule has 0 amide bonds. The molecule has 0 spiro atoms. The highest BCUT2D eigenvalue weighted by Crippen LogP contribution is 2.38. The summed E-state index contributed by atoms with van der Waals surface area (Å²) >= 11 is 10.1. The molecule has 20 heavy (non-hydrogen) atoms. The third kappa shape index (κ3) is 2.97. The normalized spacial score (nSPS) is 15.6. The van der Waals surface area contributed by atoms with Gasteiger partial charge in [0.15, 0.2) is 0 Å². The van der Waals surface area contributed by atoms with E-state index in [1.165, 1.54) is 29.7 Å². The molecule has 0 aliphatic heterocycles. The Morgan fingerprint density at radius 2 is 1.95 bits per heavy atom. The van der Waals surface area contributed by atoms with Crippen LogP contribution in [0.4, 0.5) is 0 Å². The van der Waals surface area contributed by atoms with Crippen LogP contribution in [-0.2, 0) is 18.6 Å². The molecule has 0 bridgehead atoms. The molecular weight excluding hydrogens is 308 g/mol. The summed E-state index contributed by atoms with van der Waals surface area (Å²) in [7, 11) is 0. The molecule has 0 saturated heterocycles. The van der Waals surface area contributed by atoms with E-state index >= 15 is 0 Å². The van der Waals surface area contributed by atoms with Crippen molar-refractivity contribution in [3.8, 4) is 0 Å². The third-order valence-corrected chi connectivity index (χ3v) is 6.18. The van der Waals surface area contributed by atoms with Gasteiger partial charge in [-0.2, -0.15) is 0 Å². The predicted octanol–water partition coefficient (Wildman–Crippen LogP) is 5.26. The van der Waals surface area contributed by atoms with E-state index in [1.54, 1.807) is 0 Å². The maximum atomic E-state index is 6.44. The van der Waals surface area contributed by atoms with Crippen LogP contribution in [-0.4, -0.2) is 14.7 Å². The number of aromatic nitrogens is 2. The van der Waals surface area contributed by atoms with Crippen molar-refractivity contribution in [2.45, 2.75) is 57.0 Å². The number of halogens is 1. The fourth-order valence-electron chi connectivity index (χ4n) is 2.50. The first kappa shape index (κ1) is 14.6. The Labute approximate surface area is 133 Å². The minimum atomic E-state index is 0.222. The van der Waals surface area contributed by atoms with Gasteiger partial charge in [-0.1, -0.05) is 32.4 Å². The van der Waals surface area contributed by atoms with Crippen LogP contribution in [0.5, 0.6) is 0 Å². The minimum absolute atomic E-state index is 0.222. The van der Waals surface area contributed by atoms with Gasteiger partial charge in [0.25, 0.3) is 0 Å². The molecule has 3 rings (SSSR count). The SMILES string of the molecule is CC(C)(C)SCc1nc(Cl)c2c3c(sc2n1)CCCC3. The molecule has 0 aromatic carbocycles. The highest BCUT2D eigenvalue weighted by Gasteiger charge is 2.21. The molecule has 0 atom stereocenters. The Balaban J connectivity index is 1.98. The molecule has 1 aliphatic carbocycles. The molecule has 0 unspecified atom stereocenters. The number of hydrogen-bond acceptors (Lipinski definition) is 4. The zero-order valence-electron chi connectivity index (χ0n) is 12.1. The molecule has 2 aromatic rings.